The lowest BCUT2D eigenvalue weighted by atomic mass is 10.1. The van der Waals surface area contributed by atoms with Crippen LogP contribution in [0.15, 0.2) is 0 Å². The molecule has 0 aromatic heterocycles. The topological polar surface area (TPSA) is 20.3 Å². The number of hydrogen-bond donors (Lipinski definition) is 0. The van der Waals surface area contributed by atoms with Crippen LogP contribution >= 0.6 is 15.9 Å². The van der Waals surface area contributed by atoms with Crippen molar-refractivity contribution in [3.05, 3.63) is 0 Å². The fraction of sp³-hybridized carbons (Fsp3) is 0.900. The van der Waals surface area contributed by atoms with E-state index in [1.54, 1.807) is 0 Å². The zero-order valence-electron chi connectivity index (χ0n) is 8.26. The van der Waals surface area contributed by atoms with Gasteiger partial charge >= 0.3 is 0 Å². The van der Waals surface area contributed by atoms with Gasteiger partial charge < -0.3 is 4.90 Å². The highest BCUT2D eigenvalue weighted by Gasteiger charge is 2.20. The van der Waals surface area contributed by atoms with Crippen LogP contribution in [0.4, 0.5) is 0 Å². The average Bonchev–Trinajstić information content (AvgIpc) is 2.14. The molecule has 0 spiro atoms. The second-order valence-electron chi connectivity index (χ2n) is 3.68. The standard InChI is InChI=1S/C10H18BrNO/c1-2-3-6-10(13)12-7-4-5-9(11)8-12/h9H,2-8H2,1H3. The maximum absolute atomic E-state index is 11.6. The first-order chi connectivity index (χ1) is 6.24. The molecule has 0 radical (unpaired) electrons. The minimum Gasteiger partial charge on any atom is -0.342 e. The van der Waals surface area contributed by atoms with Gasteiger partial charge in [-0.05, 0) is 19.3 Å². The number of unbranched alkanes of at least 4 members (excludes halogenated alkanes) is 1. The lowest BCUT2D eigenvalue weighted by molar-refractivity contribution is -0.132. The van der Waals surface area contributed by atoms with Crippen molar-refractivity contribution in [3.8, 4) is 0 Å². The van der Waals surface area contributed by atoms with E-state index in [0.29, 0.717) is 10.7 Å². The number of piperidine rings is 1. The predicted molar refractivity (Wildman–Crippen MR) is 58.1 cm³/mol. The van der Waals surface area contributed by atoms with Gasteiger partial charge in [0.05, 0.1) is 0 Å². The second kappa shape index (κ2) is 5.63. The van der Waals surface area contributed by atoms with Crippen LogP contribution in [-0.2, 0) is 4.79 Å². The lowest BCUT2D eigenvalue weighted by Gasteiger charge is -2.30. The summed E-state index contributed by atoms with van der Waals surface area (Å²) in [6.45, 7) is 3.99. The zero-order chi connectivity index (χ0) is 9.68. The van der Waals surface area contributed by atoms with Crippen molar-refractivity contribution in [3.63, 3.8) is 0 Å². The molecule has 1 heterocycles. The molecule has 76 valence electrons. The second-order valence-corrected chi connectivity index (χ2v) is 4.98. The van der Waals surface area contributed by atoms with Crippen LogP contribution < -0.4 is 0 Å². The molecule has 1 amide bonds. The van der Waals surface area contributed by atoms with Crippen LogP contribution in [0, 0.1) is 0 Å². The summed E-state index contributed by atoms with van der Waals surface area (Å²) in [5, 5.41) is 0. The van der Waals surface area contributed by atoms with Crippen LogP contribution in [0.1, 0.15) is 39.0 Å². The third-order valence-corrected chi connectivity index (χ3v) is 3.21. The molecular formula is C10H18BrNO. The minimum absolute atomic E-state index is 0.339. The first-order valence-corrected chi connectivity index (χ1v) is 6.07. The Hall–Kier alpha value is -0.0500. The van der Waals surface area contributed by atoms with E-state index < -0.39 is 0 Å². The van der Waals surface area contributed by atoms with Crippen LogP contribution in [0.25, 0.3) is 0 Å². The van der Waals surface area contributed by atoms with Gasteiger partial charge in [0.2, 0.25) is 5.91 Å². The normalized spacial score (nSPS) is 23.2. The van der Waals surface area contributed by atoms with Crippen molar-refractivity contribution < 1.29 is 4.79 Å². The number of carbonyl (C=O) groups excluding carboxylic acids is 1. The zero-order valence-corrected chi connectivity index (χ0v) is 9.85. The summed E-state index contributed by atoms with van der Waals surface area (Å²) in [4.78, 5) is 14.1. The van der Waals surface area contributed by atoms with E-state index in [9.17, 15) is 4.79 Å². The van der Waals surface area contributed by atoms with Gasteiger partial charge in [-0.1, -0.05) is 29.3 Å². The molecular weight excluding hydrogens is 230 g/mol. The number of likely N-dealkylation sites (tertiary alicyclic amines) is 1. The van der Waals surface area contributed by atoms with E-state index in [-0.39, 0.29) is 0 Å². The highest BCUT2D eigenvalue weighted by atomic mass is 79.9. The van der Waals surface area contributed by atoms with E-state index in [2.05, 4.69) is 22.9 Å². The Morgan fingerprint density at radius 3 is 3.00 bits per heavy atom. The Kier molecular flexibility index (Phi) is 4.78. The first-order valence-electron chi connectivity index (χ1n) is 5.16. The minimum atomic E-state index is 0.339. The van der Waals surface area contributed by atoms with Gasteiger partial charge in [0.25, 0.3) is 0 Å². The highest BCUT2D eigenvalue weighted by molar-refractivity contribution is 9.09. The van der Waals surface area contributed by atoms with Crippen molar-refractivity contribution in [2.45, 2.75) is 43.9 Å². The van der Waals surface area contributed by atoms with Crippen LogP contribution in [0.2, 0.25) is 0 Å². The third-order valence-electron chi connectivity index (χ3n) is 2.46. The quantitative estimate of drug-likeness (QED) is 0.703. The van der Waals surface area contributed by atoms with Gasteiger partial charge in [0.1, 0.15) is 0 Å². The molecule has 3 heteroatoms. The summed E-state index contributed by atoms with van der Waals surface area (Å²) in [5.74, 6) is 0.339. The van der Waals surface area contributed by atoms with Gasteiger partial charge in [-0.15, -0.1) is 0 Å². The van der Waals surface area contributed by atoms with E-state index in [4.69, 9.17) is 0 Å². The monoisotopic (exact) mass is 247 g/mol. The van der Waals surface area contributed by atoms with E-state index in [1.165, 1.54) is 6.42 Å². The number of halogens is 1. The van der Waals surface area contributed by atoms with E-state index >= 15 is 0 Å². The molecule has 0 saturated carbocycles. The van der Waals surface area contributed by atoms with Crippen LogP contribution in [-0.4, -0.2) is 28.7 Å². The van der Waals surface area contributed by atoms with Crippen molar-refractivity contribution in [1.82, 2.24) is 4.90 Å². The molecule has 1 rings (SSSR count). The summed E-state index contributed by atoms with van der Waals surface area (Å²) in [6, 6.07) is 0. The molecule has 0 aromatic carbocycles. The Morgan fingerprint density at radius 2 is 2.38 bits per heavy atom. The molecule has 1 fully saturated rings. The van der Waals surface area contributed by atoms with Gasteiger partial charge in [-0.3, -0.25) is 4.79 Å². The summed E-state index contributed by atoms with van der Waals surface area (Å²) in [7, 11) is 0. The SMILES string of the molecule is CCCCC(=O)N1CCCC(Br)C1. The van der Waals surface area contributed by atoms with Gasteiger partial charge in [-0.25, -0.2) is 0 Å². The molecule has 1 saturated heterocycles. The van der Waals surface area contributed by atoms with E-state index in [1.807, 2.05) is 4.90 Å². The summed E-state index contributed by atoms with van der Waals surface area (Å²) in [6.07, 6.45) is 5.22. The Balaban J connectivity index is 2.28. The van der Waals surface area contributed by atoms with Crippen molar-refractivity contribution in [2.75, 3.05) is 13.1 Å². The maximum atomic E-state index is 11.6. The number of nitrogens with zero attached hydrogens (tertiary/aromatic N) is 1. The third kappa shape index (κ3) is 3.67. The Labute approximate surface area is 88.8 Å². The fourth-order valence-electron chi connectivity index (χ4n) is 1.64. The maximum Gasteiger partial charge on any atom is 0.222 e. The summed E-state index contributed by atoms with van der Waals surface area (Å²) < 4.78 is 0. The average molecular weight is 248 g/mol. The van der Waals surface area contributed by atoms with Crippen LogP contribution in [0.5, 0.6) is 0 Å². The lowest BCUT2D eigenvalue weighted by Crippen LogP contribution is -2.40. The molecule has 0 N–H and O–H groups in total. The Bertz CT molecular complexity index is 172. The molecule has 0 aromatic rings. The van der Waals surface area contributed by atoms with Gasteiger partial charge in [0, 0.05) is 24.3 Å². The smallest absolute Gasteiger partial charge is 0.222 e. The summed E-state index contributed by atoms with van der Waals surface area (Å²) in [5.41, 5.74) is 0. The number of rotatable bonds is 3. The van der Waals surface area contributed by atoms with Crippen molar-refractivity contribution in [1.29, 1.82) is 0 Å². The number of amides is 1. The van der Waals surface area contributed by atoms with Crippen molar-refractivity contribution >= 4 is 21.8 Å². The molecule has 2 nitrogen and oxygen atoms in total. The highest BCUT2D eigenvalue weighted by Crippen LogP contribution is 2.17. The van der Waals surface area contributed by atoms with E-state index in [0.717, 1.165) is 38.8 Å². The van der Waals surface area contributed by atoms with Crippen LogP contribution in [0.3, 0.4) is 0 Å². The molecule has 1 atom stereocenters. The van der Waals surface area contributed by atoms with Gasteiger partial charge in [-0.2, -0.15) is 0 Å². The fourth-order valence-corrected chi connectivity index (χ4v) is 2.31. The molecule has 0 aliphatic carbocycles. The molecule has 1 aliphatic rings. The Morgan fingerprint density at radius 1 is 1.62 bits per heavy atom. The molecule has 0 bridgehead atoms. The molecule has 1 unspecified atom stereocenters. The summed E-state index contributed by atoms with van der Waals surface area (Å²) >= 11 is 3.57. The number of hydrogen-bond acceptors (Lipinski definition) is 1. The predicted octanol–water partition coefficient (Wildman–Crippen LogP) is 2.56. The van der Waals surface area contributed by atoms with Crippen molar-refractivity contribution in [2.24, 2.45) is 0 Å². The molecule has 1 aliphatic heterocycles. The number of carbonyl (C=O) groups is 1. The molecule has 13 heavy (non-hydrogen) atoms. The number of alkyl halides is 1. The largest absolute Gasteiger partial charge is 0.342 e. The first kappa shape index (κ1) is 11.0. The van der Waals surface area contributed by atoms with Gasteiger partial charge in [0.15, 0.2) is 0 Å².